The van der Waals surface area contributed by atoms with Crippen LogP contribution in [0.5, 0.6) is 0 Å². The summed E-state index contributed by atoms with van der Waals surface area (Å²) in [5, 5.41) is 13.2. The molecular formula is C17H16N4O2S. The van der Waals surface area contributed by atoms with Crippen molar-refractivity contribution < 1.29 is 8.42 Å². The van der Waals surface area contributed by atoms with Gasteiger partial charge in [-0.05, 0) is 42.8 Å². The van der Waals surface area contributed by atoms with Gasteiger partial charge < -0.3 is 5.32 Å². The van der Waals surface area contributed by atoms with E-state index < -0.39 is 10.0 Å². The fourth-order valence-corrected chi connectivity index (χ4v) is 3.40. The molecule has 0 fully saturated rings. The van der Waals surface area contributed by atoms with Gasteiger partial charge in [0.1, 0.15) is 0 Å². The molecule has 0 saturated heterocycles. The van der Waals surface area contributed by atoms with E-state index in [2.05, 4.69) is 35.5 Å². The number of sulfonamides is 1. The minimum Gasteiger partial charge on any atom is -0.380 e. The minimum absolute atomic E-state index is 0.0886. The quantitative estimate of drug-likeness (QED) is 0.750. The third-order valence-corrected chi connectivity index (χ3v) is 5.05. The second kappa shape index (κ2) is 5.19. The van der Waals surface area contributed by atoms with Crippen molar-refractivity contribution in [2.75, 3.05) is 5.32 Å². The predicted molar refractivity (Wildman–Crippen MR) is 92.4 cm³/mol. The van der Waals surface area contributed by atoms with Crippen LogP contribution in [0, 0.1) is 6.92 Å². The third-order valence-electron chi connectivity index (χ3n) is 4.12. The Morgan fingerprint density at radius 2 is 1.92 bits per heavy atom. The van der Waals surface area contributed by atoms with Crippen LogP contribution in [0.25, 0.3) is 16.9 Å². The van der Waals surface area contributed by atoms with E-state index in [4.69, 9.17) is 5.14 Å². The van der Waals surface area contributed by atoms with Crippen molar-refractivity contribution in [1.82, 2.24) is 9.78 Å². The molecule has 4 rings (SSSR count). The number of fused-ring (bicyclic) bond motifs is 3. The topological polar surface area (TPSA) is 90.0 Å². The molecule has 2 aromatic carbocycles. The molecule has 0 bridgehead atoms. The molecule has 6 nitrogen and oxygen atoms in total. The Kier molecular flexibility index (Phi) is 3.22. The molecule has 24 heavy (non-hydrogen) atoms. The fraction of sp³-hybridized carbons (Fsp3) is 0.118. The van der Waals surface area contributed by atoms with E-state index in [0.717, 1.165) is 28.2 Å². The van der Waals surface area contributed by atoms with Crippen LogP contribution in [0.3, 0.4) is 0 Å². The maximum Gasteiger partial charge on any atom is 0.238 e. The van der Waals surface area contributed by atoms with Gasteiger partial charge in [0.15, 0.2) is 0 Å². The predicted octanol–water partition coefficient (Wildman–Crippen LogP) is 2.42. The van der Waals surface area contributed by atoms with E-state index in [1.807, 2.05) is 6.20 Å². The van der Waals surface area contributed by atoms with Crippen molar-refractivity contribution in [2.45, 2.75) is 18.4 Å². The van der Waals surface area contributed by atoms with Gasteiger partial charge in [-0.25, -0.2) is 18.2 Å². The SMILES string of the molecule is Cc1ccc2c(c1)NCc1cn(-c3ccc(S(N)(=O)=O)cc3)nc1-2. The summed E-state index contributed by atoms with van der Waals surface area (Å²) in [6.45, 7) is 2.77. The number of aryl methyl sites for hydroxylation is 1. The van der Waals surface area contributed by atoms with E-state index in [1.165, 1.54) is 17.7 Å². The summed E-state index contributed by atoms with van der Waals surface area (Å²) in [5.74, 6) is 0. The zero-order chi connectivity index (χ0) is 16.9. The van der Waals surface area contributed by atoms with Crippen LogP contribution >= 0.6 is 0 Å². The molecule has 1 aromatic heterocycles. The molecule has 122 valence electrons. The lowest BCUT2D eigenvalue weighted by atomic mass is 10.0. The Labute approximate surface area is 140 Å². The first-order valence-electron chi connectivity index (χ1n) is 7.48. The van der Waals surface area contributed by atoms with Gasteiger partial charge in [-0.15, -0.1) is 0 Å². The number of primary sulfonamides is 1. The number of hydrogen-bond acceptors (Lipinski definition) is 4. The lowest BCUT2D eigenvalue weighted by Gasteiger charge is -2.17. The van der Waals surface area contributed by atoms with Crippen LogP contribution in [0.1, 0.15) is 11.1 Å². The number of nitrogens with zero attached hydrogens (tertiary/aromatic N) is 2. The number of aromatic nitrogens is 2. The van der Waals surface area contributed by atoms with Crippen LogP contribution in [0.15, 0.2) is 53.6 Å². The minimum atomic E-state index is -3.69. The van der Waals surface area contributed by atoms with Gasteiger partial charge in [-0.2, -0.15) is 5.10 Å². The number of nitrogens with two attached hydrogens (primary N) is 1. The van der Waals surface area contributed by atoms with Gasteiger partial charge in [-0.1, -0.05) is 12.1 Å². The van der Waals surface area contributed by atoms with Crippen molar-refractivity contribution in [3.63, 3.8) is 0 Å². The van der Waals surface area contributed by atoms with E-state index >= 15 is 0 Å². The van der Waals surface area contributed by atoms with Crippen molar-refractivity contribution >= 4 is 15.7 Å². The van der Waals surface area contributed by atoms with Gasteiger partial charge in [0.2, 0.25) is 10.0 Å². The molecule has 3 N–H and O–H groups in total. The van der Waals surface area contributed by atoms with Gasteiger partial charge in [-0.3, -0.25) is 0 Å². The maximum atomic E-state index is 11.4. The molecule has 2 heterocycles. The van der Waals surface area contributed by atoms with Crippen molar-refractivity contribution in [1.29, 1.82) is 0 Å². The number of nitrogens with one attached hydrogen (secondary N) is 1. The average molecular weight is 340 g/mol. The van der Waals surface area contributed by atoms with Crippen LogP contribution in [-0.4, -0.2) is 18.2 Å². The molecule has 0 atom stereocenters. The zero-order valence-corrected chi connectivity index (χ0v) is 13.8. The van der Waals surface area contributed by atoms with Crippen LogP contribution in [0.4, 0.5) is 5.69 Å². The van der Waals surface area contributed by atoms with E-state index in [-0.39, 0.29) is 4.90 Å². The highest BCUT2D eigenvalue weighted by Gasteiger charge is 2.20. The highest BCUT2D eigenvalue weighted by molar-refractivity contribution is 7.89. The zero-order valence-electron chi connectivity index (χ0n) is 13.0. The van der Waals surface area contributed by atoms with Crippen LogP contribution in [0.2, 0.25) is 0 Å². The highest BCUT2D eigenvalue weighted by atomic mass is 32.2. The Hall–Kier alpha value is -2.64. The van der Waals surface area contributed by atoms with Crippen molar-refractivity contribution in [3.05, 3.63) is 59.8 Å². The number of hydrogen-bond donors (Lipinski definition) is 2. The molecule has 7 heteroatoms. The van der Waals surface area contributed by atoms with Crippen molar-refractivity contribution in [3.8, 4) is 16.9 Å². The summed E-state index contributed by atoms with van der Waals surface area (Å²) in [5.41, 5.74) is 6.17. The summed E-state index contributed by atoms with van der Waals surface area (Å²) < 4.78 is 24.5. The first kappa shape index (κ1) is 14.9. The molecule has 0 amide bonds. The molecule has 0 spiro atoms. The molecule has 0 aliphatic carbocycles. The van der Waals surface area contributed by atoms with E-state index in [1.54, 1.807) is 16.8 Å². The van der Waals surface area contributed by atoms with E-state index in [0.29, 0.717) is 6.54 Å². The molecular weight excluding hydrogens is 324 g/mol. The number of anilines is 1. The first-order valence-corrected chi connectivity index (χ1v) is 9.03. The fourth-order valence-electron chi connectivity index (χ4n) is 2.89. The molecule has 0 radical (unpaired) electrons. The Bertz CT molecular complexity index is 1040. The number of benzene rings is 2. The second-order valence-corrected chi connectivity index (χ2v) is 7.45. The van der Waals surface area contributed by atoms with Gasteiger partial charge in [0, 0.05) is 29.6 Å². The number of rotatable bonds is 2. The Balaban J connectivity index is 1.76. The van der Waals surface area contributed by atoms with Gasteiger partial charge in [0.05, 0.1) is 16.3 Å². The summed E-state index contributed by atoms with van der Waals surface area (Å²) in [4.78, 5) is 0.0886. The monoisotopic (exact) mass is 340 g/mol. The maximum absolute atomic E-state index is 11.4. The molecule has 0 saturated carbocycles. The molecule has 1 aliphatic rings. The molecule has 1 aliphatic heterocycles. The highest BCUT2D eigenvalue weighted by Crippen LogP contribution is 2.35. The van der Waals surface area contributed by atoms with Gasteiger partial charge in [0.25, 0.3) is 0 Å². The van der Waals surface area contributed by atoms with Crippen LogP contribution in [-0.2, 0) is 16.6 Å². The first-order chi connectivity index (χ1) is 11.4. The molecule has 0 unspecified atom stereocenters. The summed E-state index contributed by atoms with van der Waals surface area (Å²) in [6.07, 6.45) is 1.96. The standard InChI is InChI=1S/C17H16N4O2S/c1-11-2-7-15-16(8-11)19-9-12-10-21(20-17(12)15)13-3-5-14(6-4-13)24(18,22)23/h2-8,10,19H,9H2,1H3,(H2,18,22,23). The van der Waals surface area contributed by atoms with Crippen molar-refractivity contribution in [2.24, 2.45) is 5.14 Å². The second-order valence-electron chi connectivity index (χ2n) is 5.89. The Morgan fingerprint density at radius 3 is 2.62 bits per heavy atom. The lowest BCUT2D eigenvalue weighted by Crippen LogP contribution is -2.12. The van der Waals surface area contributed by atoms with E-state index in [9.17, 15) is 8.42 Å². The average Bonchev–Trinajstić information content (AvgIpc) is 2.98. The summed E-state index contributed by atoms with van der Waals surface area (Å²) in [6, 6.07) is 12.6. The summed E-state index contributed by atoms with van der Waals surface area (Å²) >= 11 is 0. The molecule has 3 aromatic rings. The van der Waals surface area contributed by atoms with Gasteiger partial charge >= 0.3 is 0 Å². The normalized spacial score (nSPS) is 13.1. The van der Waals surface area contributed by atoms with Crippen LogP contribution < -0.4 is 10.5 Å². The Morgan fingerprint density at radius 1 is 1.17 bits per heavy atom. The summed E-state index contributed by atoms with van der Waals surface area (Å²) in [7, 11) is -3.69. The third kappa shape index (κ3) is 2.47. The largest absolute Gasteiger partial charge is 0.380 e. The lowest BCUT2D eigenvalue weighted by molar-refractivity contribution is 0.598. The smallest absolute Gasteiger partial charge is 0.238 e.